The molecule has 2 aromatic rings. The highest BCUT2D eigenvalue weighted by molar-refractivity contribution is 5.89. The van der Waals surface area contributed by atoms with Crippen LogP contribution in [0.15, 0.2) is 54.6 Å². The van der Waals surface area contributed by atoms with E-state index in [1.54, 1.807) is 0 Å². The Labute approximate surface area is 173 Å². The van der Waals surface area contributed by atoms with Gasteiger partial charge >= 0.3 is 6.03 Å². The lowest BCUT2D eigenvalue weighted by atomic mass is 9.83. The van der Waals surface area contributed by atoms with Crippen LogP contribution in [0.1, 0.15) is 36.8 Å². The second kappa shape index (κ2) is 8.97. The highest BCUT2D eigenvalue weighted by Crippen LogP contribution is 2.36. The van der Waals surface area contributed by atoms with Crippen molar-refractivity contribution in [2.75, 3.05) is 25.0 Å². The Morgan fingerprint density at radius 2 is 1.97 bits per heavy atom. The van der Waals surface area contributed by atoms with Crippen LogP contribution in [0.3, 0.4) is 0 Å². The summed E-state index contributed by atoms with van der Waals surface area (Å²) in [5, 5.41) is 3.01. The van der Waals surface area contributed by atoms with Crippen LogP contribution >= 0.6 is 0 Å². The molecule has 5 nitrogen and oxygen atoms in total. The van der Waals surface area contributed by atoms with E-state index in [-0.39, 0.29) is 17.7 Å². The van der Waals surface area contributed by atoms with Crippen LogP contribution in [-0.2, 0) is 16.1 Å². The molecular weight excluding hydrogens is 364 g/mol. The van der Waals surface area contributed by atoms with Gasteiger partial charge in [0.25, 0.3) is 0 Å². The maximum atomic E-state index is 12.6. The molecule has 5 heteroatoms. The summed E-state index contributed by atoms with van der Waals surface area (Å²) in [6.45, 7) is 4.82. The van der Waals surface area contributed by atoms with Crippen molar-refractivity contribution in [2.24, 2.45) is 0 Å². The summed E-state index contributed by atoms with van der Waals surface area (Å²) in [5.74, 6) is 0. The molecule has 2 aliphatic heterocycles. The van der Waals surface area contributed by atoms with E-state index in [1.807, 2.05) is 54.3 Å². The zero-order valence-electron chi connectivity index (χ0n) is 17.1. The first-order valence-electron chi connectivity index (χ1n) is 10.5. The number of rotatable bonds is 4. The summed E-state index contributed by atoms with van der Waals surface area (Å²) in [4.78, 5) is 14.5. The van der Waals surface area contributed by atoms with E-state index in [1.165, 1.54) is 5.56 Å². The maximum absolute atomic E-state index is 12.6. The maximum Gasteiger partial charge on any atom is 0.321 e. The Morgan fingerprint density at radius 3 is 2.72 bits per heavy atom. The normalized spacial score (nSPS) is 21.1. The van der Waals surface area contributed by atoms with Gasteiger partial charge in [-0.1, -0.05) is 42.5 Å². The first-order chi connectivity index (χ1) is 14.1. The molecule has 2 saturated heterocycles. The molecule has 0 aliphatic carbocycles. The molecule has 1 unspecified atom stereocenters. The van der Waals surface area contributed by atoms with E-state index < -0.39 is 0 Å². The summed E-state index contributed by atoms with van der Waals surface area (Å²) < 4.78 is 12.4. The van der Waals surface area contributed by atoms with Crippen molar-refractivity contribution in [3.8, 4) is 0 Å². The number of nitrogens with one attached hydrogen (secondary N) is 1. The number of urea groups is 1. The first-order valence-corrected chi connectivity index (χ1v) is 10.5. The fraction of sp³-hybridized carbons (Fsp3) is 0.458. The molecular formula is C24H30N2O3. The number of benzene rings is 2. The zero-order chi connectivity index (χ0) is 20.1. The summed E-state index contributed by atoms with van der Waals surface area (Å²) in [5.41, 5.74) is 3.03. The molecule has 1 atom stereocenters. The topological polar surface area (TPSA) is 50.8 Å². The van der Waals surface area contributed by atoms with Gasteiger partial charge in [-0.15, -0.1) is 0 Å². The quantitative estimate of drug-likeness (QED) is 0.814. The summed E-state index contributed by atoms with van der Waals surface area (Å²) >= 11 is 0. The van der Waals surface area contributed by atoms with Gasteiger partial charge in [0.1, 0.15) is 0 Å². The highest BCUT2D eigenvalue weighted by atomic mass is 16.5. The summed E-state index contributed by atoms with van der Waals surface area (Å²) in [6, 6.07) is 18.2. The second-order valence-electron chi connectivity index (χ2n) is 8.23. The number of hydrogen-bond donors (Lipinski definition) is 1. The average molecular weight is 395 g/mol. The number of likely N-dealkylation sites (tertiary alicyclic amines) is 1. The Kier molecular flexibility index (Phi) is 6.16. The van der Waals surface area contributed by atoms with Crippen molar-refractivity contribution >= 4 is 11.7 Å². The third-order valence-electron chi connectivity index (χ3n) is 6.01. The standard InChI is InChI=1S/C24H30N2O3/c1-19-6-5-9-21(16-19)25-23(27)26-13-11-24(12-14-26)17-22(10-15-29-24)28-18-20-7-3-2-4-8-20/h2-9,16,22H,10-15,17-18H2,1H3,(H,25,27). The van der Waals surface area contributed by atoms with Gasteiger partial charge in [0.15, 0.2) is 0 Å². The first kappa shape index (κ1) is 19.9. The summed E-state index contributed by atoms with van der Waals surface area (Å²) in [6.07, 6.45) is 3.79. The van der Waals surface area contributed by atoms with Crippen molar-refractivity contribution in [2.45, 2.75) is 50.9 Å². The SMILES string of the molecule is Cc1cccc(NC(=O)N2CCC3(CC2)CC(OCc2ccccc2)CCO3)c1. The zero-order valence-corrected chi connectivity index (χ0v) is 17.1. The van der Waals surface area contributed by atoms with Crippen LogP contribution in [0, 0.1) is 6.92 Å². The van der Waals surface area contributed by atoms with Crippen molar-refractivity contribution in [1.82, 2.24) is 4.90 Å². The average Bonchev–Trinajstić information content (AvgIpc) is 2.74. The fourth-order valence-electron chi connectivity index (χ4n) is 4.30. The Hall–Kier alpha value is -2.37. The van der Waals surface area contributed by atoms with Gasteiger partial charge < -0.3 is 19.7 Å². The largest absolute Gasteiger partial charge is 0.375 e. The van der Waals surface area contributed by atoms with Gasteiger partial charge in [0.2, 0.25) is 0 Å². The predicted octanol–water partition coefficient (Wildman–Crippen LogP) is 4.76. The molecule has 2 aromatic carbocycles. The van der Waals surface area contributed by atoms with Crippen molar-refractivity contribution in [3.63, 3.8) is 0 Å². The number of hydrogen-bond acceptors (Lipinski definition) is 3. The third kappa shape index (κ3) is 5.17. The Balaban J connectivity index is 1.28. The monoisotopic (exact) mass is 394 g/mol. The van der Waals surface area contributed by atoms with E-state index in [2.05, 4.69) is 17.4 Å². The minimum Gasteiger partial charge on any atom is -0.375 e. The summed E-state index contributed by atoms with van der Waals surface area (Å²) in [7, 11) is 0. The van der Waals surface area contributed by atoms with Crippen LogP contribution in [0.4, 0.5) is 10.5 Å². The van der Waals surface area contributed by atoms with E-state index in [9.17, 15) is 4.79 Å². The van der Waals surface area contributed by atoms with Crippen LogP contribution in [0.5, 0.6) is 0 Å². The lowest BCUT2D eigenvalue weighted by Gasteiger charge is -2.46. The molecule has 2 fully saturated rings. The van der Waals surface area contributed by atoms with E-state index >= 15 is 0 Å². The lowest BCUT2D eigenvalue weighted by Crippen LogP contribution is -2.52. The number of aryl methyl sites for hydroxylation is 1. The molecule has 2 aliphatic rings. The predicted molar refractivity (Wildman–Crippen MR) is 114 cm³/mol. The minimum absolute atomic E-state index is 0.0295. The molecule has 1 N–H and O–H groups in total. The molecule has 0 saturated carbocycles. The highest BCUT2D eigenvalue weighted by Gasteiger charge is 2.41. The number of carbonyl (C=O) groups excluding carboxylic acids is 1. The number of amides is 2. The van der Waals surface area contributed by atoms with E-state index in [0.29, 0.717) is 19.7 Å². The molecule has 2 heterocycles. The van der Waals surface area contributed by atoms with Crippen molar-refractivity contribution in [1.29, 1.82) is 0 Å². The van der Waals surface area contributed by atoms with Gasteiger partial charge in [-0.2, -0.15) is 0 Å². The van der Waals surface area contributed by atoms with Gasteiger partial charge in [0, 0.05) is 31.8 Å². The second-order valence-corrected chi connectivity index (χ2v) is 8.23. The molecule has 0 radical (unpaired) electrons. The smallest absolute Gasteiger partial charge is 0.321 e. The molecule has 0 bridgehead atoms. The number of nitrogens with zero attached hydrogens (tertiary/aromatic N) is 1. The molecule has 1 spiro atoms. The van der Waals surface area contributed by atoms with Gasteiger partial charge in [-0.25, -0.2) is 4.79 Å². The Morgan fingerprint density at radius 1 is 1.17 bits per heavy atom. The van der Waals surface area contributed by atoms with Gasteiger partial charge in [0.05, 0.1) is 18.3 Å². The third-order valence-corrected chi connectivity index (χ3v) is 6.01. The molecule has 154 valence electrons. The number of piperidine rings is 1. The molecule has 0 aromatic heterocycles. The van der Waals surface area contributed by atoms with Crippen molar-refractivity contribution in [3.05, 3.63) is 65.7 Å². The van der Waals surface area contributed by atoms with Gasteiger partial charge in [-0.3, -0.25) is 0 Å². The van der Waals surface area contributed by atoms with Crippen molar-refractivity contribution < 1.29 is 14.3 Å². The number of ether oxygens (including phenoxy) is 2. The van der Waals surface area contributed by atoms with Crippen LogP contribution in [0.25, 0.3) is 0 Å². The number of anilines is 1. The minimum atomic E-state index is -0.153. The number of carbonyl (C=O) groups is 1. The van der Waals surface area contributed by atoms with E-state index in [0.717, 1.165) is 43.5 Å². The molecule has 4 rings (SSSR count). The lowest BCUT2D eigenvalue weighted by molar-refractivity contribution is -0.154. The Bertz CT molecular complexity index is 816. The van der Waals surface area contributed by atoms with E-state index in [4.69, 9.17) is 9.47 Å². The van der Waals surface area contributed by atoms with Crippen LogP contribution in [0.2, 0.25) is 0 Å². The fourth-order valence-corrected chi connectivity index (χ4v) is 4.30. The van der Waals surface area contributed by atoms with Gasteiger partial charge in [-0.05, 0) is 49.4 Å². The molecule has 2 amide bonds. The van der Waals surface area contributed by atoms with Crippen LogP contribution < -0.4 is 5.32 Å². The van der Waals surface area contributed by atoms with Crippen LogP contribution in [-0.4, -0.2) is 42.3 Å². The molecule has 29 heavy (non-hydrogen) atoms.